The van der Waals surface area contributed by atoms with Crippen LogP contribution in [0, 0.1) is 0 Å². The second-order valence-corrected chi connectivity index (χ2v) is 6.86. The fourth-order valence-electron chi connectivity index (χ4n) is 2.51. The van der Waals surface area contributed by atoms with E-state index < -0.39 is 0 Å². The maximum absolute atomic E-state index is 6.20. The van der Waals surface area contributed by atoms with Crippen molar-refractivity contribution in [3.05, 3.63) is 63.1 Å². The van der Waals surface area contributed by atoms with Crippen LogP contribution >= 0.6 is 39.1 Å². The highest BCUT2D eigenvalue weighted by Crippen LogP contribution is 2.40. The molecule has 1 heterocycles. The molecule has 1 atom stereocenters. The zero-order chi connectivity index (χ0) is 14.1. The van der Waals surface area contributed by atoms with E-state index in [0.29, 0.717) is 0 Å². The van der Waals surface area contributed by atoms with Crippen molar-refractivity contribution in [3.63, 3.8) is 0 Å². The normalized spacial score (nSPS) is 14.8. The number of ether oxygens (including phenoxy) is 1. The lowest BCUT2D eigenvalue weighted by molar-refractivity contribution is 0.353. The molecule has 20 heavy (non-hydrogen) atoms. The molecule has 1 nitrogen and oxygen atoms in total. The van der Waals surface area contributed by atoms with E-state index in [4.69, 9.17) is 27.9 Å². The topological polar surface area (TPSA) is 9.23 Å². The first-order chi connectivity index (χ1) is 9.63. The van der Waals surface area contributed by atoms with Gasteiger partial charge in [-0.15, -0.1) is 0 Å². The Bertz CT molecular complexity index is 642. The SMILES string of the molecule is Clc1cccc(CC(Br)c2cc(Cl)cc3c2OCC3)c1. The lowest BCUT2D eigenvalue weighted by Crippen LogP contribution is -1.99. The third-order valence-corrected chi connectivity index (χ3v) is 4.69. The molecule has 0 radical (unpaired) electrons. The highest BCUT2D eigenvalue weighted by molar-refractivity contribution is 9.09. The molecule has 1 aliphatic heterocycles. The number of fused-ring (bicyclic) bond motifs is 1. The second-order valence-electron chi connectivity index (χ2n) is 4.88. The van der Waals surface area contributed by atoms with Gasteiger partial charge in [0.1, 0.15) is 5.75 Å². The van der Waals surface area contributed by atoms with E-state index in [1.165, 1.54) is 11.1 Å². The summed E-state index contributed by atoms with van der Waals surface area (Å²) >= 11 is 16.0. The lowest BCUT2D eigenvalue weighted by atomic mass is 10.0. The largest absolute Gasteiger partial charge is 0.493 e. The summed E-state index contributed by atoms with van der Waals surface area (Å²) in [6.07, 6.45) is 1.77. The summed E-state index contributed by atoms with van der Waals surface area (Å²) in [5.74, 6) is 0.985. The Balaban J connectivity index is 1.89. The Morgan fingerprint density at radius 1 is 1.15 bits per heavy atom. The monoisotopic (exact) mass is 370 g/mol. The number of rotatable bonds is 3. The van der Waals surface area contributed by atoms with Crippen molar-refractivity contribution in [2.75, 3.05) is 6.61 Å². The van der Waals surface area contributed by atoms with E-state index in [1.807, 2.05) is 30.3 Å². The summed E-state index contributed by atoms with van der Waals surface area (Å²) in [7, 11) is 0. The van der Waals surface area contributed by atoms with E-state index in [-0.39, 0.29) is 4.83 Å². The lowest BCUT2D eigenvalue weighted by Gasteiger charge is -2.15. The molecule has 4 heteroatoms. The number of halogens is 3. The van der Waals surface area contributed by atoms with Crippen LogP contribution in [-0.2, 0) is 12.8 Å². The molecular formula is C16H13BrCl2O. The molecule has 0 N–H and O–H groups in total. The molecule has 0 fully saturated rings. The van der Waals surface area contributed by atoms with Gasteiger partial charge in [-0.1, -0.05) is 51.3 Å². The molecule has 0 bridgehead atoms. The Morgan fingerprint density at radius 3 is 2.80 bits per heavy atom. The standard InChI is InChI=1S/C16H13BrCl2O/c17-15(7-10-2-1-3-12(18)6-10)14-9-13(19)8-11-4-5-20-16(11)14/h1-3,6,8-9,15H,4-5,7H2. The number of alkyl halides is 1. The Morgan fingerprint density at radius 2 is 2.00 bits per heavy atom. The van der Waals surface area contributed by atoms with Gasteiger partial charge < -0.3 is 4.74 Å². The zero-order valence-corrected chi connectivity index (χ0v) is 13.8. The molecule has 104 valence electrons. The smallest absolute Gasteiger partial charge is 0.127 e. The van der Waals surface area contributed by atoms with Gasteiger partial charge in [-0.2, -0.15) is 0 Å². The van der Waals surface area contributed by atoms with E-state index in [9.17, 15) is 0 Å². The van der Waals surface area contributed by atoms with Gasteiger partial charge in [0.25, 0.3) is 0 Å². The predicted molar refractivity (Wildman–Crippen MR) is 87.5 cm³/mol. The average Bonchev–Trinajstić information content (AvgIpc) is 2.85. The fraction of sp³-hybridized carbons (Fsp3) is 0.250. The average molecular weight is 372 g/mol. The summed E-state index contributed by atoms with van der Waals surface area (Å²) in [5, 5.41) is 1.52. The van der Waals surface area contributed by atoms with Crippen LogP contribution in [0.25, 0.3) is 0 Å². The summed E-state index contributed by atoms with van der Waals surface area (Å²) in [6, 6.07) is 11.9. The third kappa shape index (κ3) is 2.98. The fourth-order valence-corrected chi connectivity index (χ4v) is 3.69. The molecule has 0 aliphatic carbocycles. The van der Waals surface area contributed by atoms with Gasteiger partial charge in [-0.05, 0) is 41.8 Å². The third-order valence-electron chi connectivity index (χ3n) is 3.42. The number of benzene rings is 2. The van der Waals surface area contributed by atoms with Gasteiger partial charge in [0, 0.05) is 26.9 Å². The first-order valence-corrected chi connectivity index (χ1v) is 8.14. The summed E-state index contributed by atoms with van der Waals surface area (Å²) in [6.45, 7) is 0.736. The van der Waals surface area contributed by atoms with Crippen LogP contribution in [0.4, 0.5) is 0 Å². The summed E-state index contributed by atoms with van der Waals surface area (Å²) in [5.41, 5.74) is 3.50. The van der Waals surface area contributed by atoms with Crippen molar-refractivity contribution in [2.24, 2.45) is 0 Å². The van der Waals surface area contributed by atoms with Crippen molar-refractivity contribution in [2.45, 2.75) is 17.7 Å². The van der Waals surface area contributed by atoms with Crippen molar-refractivity contribution in [1.82, 2.24) is 0 Å². The first-order valence-electron chi connectivity index (χ1n) is 6.47. The molecular weight excluding hydrogens is 359 g/mol. The van der Waals surface area contributed by atoms with E-state index in [0.717, 1.165) is 40.8 Å². The zero-order valence-electron chi connectivity index (χ0n) is 10.7. The van der Waals surface area contributed by atoms with Gasteiger partial charge in [0.15, 0.2) is 0 Å². The molecule has 0 aromatic heterocycles. The van der Waals surface area contributed by atoms with Crippen LogP contribution in [0.3, 0.4) is 0 Å². The van der Waals surface area contributed by atoms with Crippen LogP contribution in [0.2, 0.25) is 10.0 Å². The van der Waals surface area contributed by atoms with E-state index in [1.54, 1.807) is 0 Å². The molecule has 0 amide bonds. The molecule has 2 aromatic carbocycles. The van der Waals surface area contributed by atoms with Crippen LogP contribution in [0.5, 0.6) is 5.75 Å². The number of hydrogen-bond donors (Lipinski definition) is 0. The van der Waals surface area contributed by atoms with Gasteiger partial charge >= 0.3 is 0 Å². The highest BCUT2D eigenvalue weighted by atomic mass is 79.9. The Kier molecular flexibility index (Phi) is 4.25. The molecule has 1 aliphatic rings. The van der Waals surface area contributed by atoms with Crippen LogP contribution in [0.15, 0.2) is 36.4 Å². The summed E-state index contributed by atoms with van der Waals surface area (Å²) in [4.78, 5) is 0.159. The van der Waals surface area contributed by atoms with Crippen LogP contribution in [0.1, 0.15) is 21.5 Å². The van der Waals surface area contributed by atoms with Crippen LogP contribution < -0.4 is 4.74 Å². The maximum atomic E-state index is 6.20. The molecule has 2 aromatic rings. The molecule has 0 saturated heterocycles. The number of hydrogen-bond acceptors (Lipinski definition) is 1. The Hall–Kier alpha value is -0.700. The summed E-state index contributed by atoms with van der Waals surface area (Å²) < 4.78 is 5.75. The van der Waals surface area contributed by atoms with Gasteiger partial charge in [0.05, 0.1) is 6.61 Å². The molecule has 0 saturated carbocycles. The van der Waals surface area contributed by atoms with Crippen molar-refractivity contribution in [1.29, 1.82) is 0 Å². The Labute approximate surface area is 137 Å². The first kappa shape index (κ1) is 14.2. The van der Waals surface area contributed by atoms with Crippen LogP contribution in [-0.4, -0.2) is 6.61 Å². The van der Waals surface area contributed by atoms with Gasteiger partial charge in [-0.3, -0.25) is 0 Å². The van der Waals surface area contributed by atoms with Gasteiger partial charge in [0.2, 0.25) is 0 Å². The molecule has 3 rings (SSSR count). The van der Waals surface area contributed by atoms with Crippen molar-refractivity contribution >= 4 is 39.1 Å². The predicted octanol–water partition coefficient (Wildman–Crippen LogP) is 5.61. The van der Waals surface area contributed by atoms with Gasteiger partial charge in [-0.25, -0.2) is 0 Å². The minimum atomic E-state index is 0.159. The molecule has 1 unspecified atom stereocenters. The second kappa shape index (κ2) is 5.97. The molecule has 0 spiro atoms. The quantitative estimate of drug-likeness (QED) is 0.637. The maximum Gasteiger partial charge on any atom is 0.127 e. The minimum absolute atomic E-state index is 0.159. The minimum Gasteiger partial charge on any atom is -0.493 e. The van der Waals surface area contributed by atoms with E-state index >= 15 is 0 Å². The highest BCUT2D eigenvalue weighted by Gasteiger charge is 2.22. The van der Waals surface area contributed by atoms with Crippen molar-refractivity contribution < 1.29 is 4.74 Å². The van der Waals surface area contributed by atoms with Crippen molar-refractivity contribution in [3.8, 4) is 5.75 Å². The van der Waals surface area contributed by atoms with E-state index in [2.05, 4.69) is 22.0 Å².